The van der Waals surface area contributed by atoms with Crippen molar-refractivity contribution in [3.05, 3.63) is 15.6 Å². The quantitative estimate of drug-likeness (QED) is 0.546. The van der Waals surface area contributed by atoms with Crippen LogP contribution in [0.3, 0.4) is 0 Å². The molecule has 78 valence electrons. The van der Waals surface area contributed by atoms with Gasteiger partial charge in [-0.2, -0.15) is 5.48 Å². The van der Waals surface area contributed by atoms with Gasteiger partial charge in [0.15, 0.2) is 0 Å². The van der Waals surface area contributed by atoms with Crippen molar-refractivity contribution in [1.29, 1.82) is 0 Å². The van der Waals surface area contributed by atoms with Crippen LogP contribution in [0.1, 0.15) is 15.6 Å². The number of hydrogen-bond donors (Lipinski definition) is 2. The van der Waals surface area contributed by atoms with Crippen LogP contribution in [0.15, 0.2) is 0 Å². The van der Waals surface area contributed by atoms with Gasteiger partial charge in [-0.1, -0.05) is 0 Å². The number of rotatable bonds is 5. The van der Waals surface area contributed by atoms with E-state index in [-0.39, 0.29) is 6.61 Å². The minimum atomic E-state index is -0.491. The molecule has 1 rings (SSSR count). The van der Waals surface area contributed by atoms with Gasteiger partial charge in [-0.3, -0.25) is 9.63 Å². The van der Waals surface area contributed by atoms with Crippen molar-refractivity contribution in [2.75, 3.05) is 6.61 Å². The smallest absolute Gasteiger partial charge is 0.245 e. The highest BCUT2D eigenvalue weighted by Gasteiger charge is 2.04. The highest BCUT2D eigenvalue weighted by Crippen LogP contribution is 2.16. The summed E-state index contributed by atoms with van der Waals surface area (Å²) in [5.74, 6) is -0.491. The number of nitrogens with zero attached hydrogens (tertiary/aromatic N) is 1. The maximum Gasteiger partial charge on any atom is 0.245 e. The zero-order valence-electron chi connectivity index (χ0n) is 8.16. The first-order chi connectivity index (χ1) is 6.59. The van der Waals surface area contributed by atoms with Crippen LogP contribution in [0.25, 0.3) is 0 Å². The first-order valence-corrected chi connectivity index (χ1v) is 4.97. The lowest BCUT2D eigenvalue weighted by Crippen LogP contribution is -2.24. The number of nitrogens with two attached hydrogens (primary N) is 1. The highest BCUT2D eigenvalue weighted by atomic mass is 32.1. The number of aromatic nitrogens is 1. The van der Waals surface area contributed by atoms with Crippen LogP contribution >= 0.6 is 11.3 Å². The van der Waals surface area contributed by atoms with Crippen LogP contribution in [-0.4, -0.2) is 17.5 Å². The van der Waals surface area contributed by atoms with Crippen molar-refractivity contribution >= 4 is 17.2 Å². The van der Waals surface area contributed by atoms with Crippen molar-refractivity contribution in [2.45, 2.75) is 20.4 Å². The molecule has 1 aromatic rings. The summed E-state index contributed by atoms with van der Waals surface area (Å²) >= 11 is 1.60. The molecule has 0 saturated carbocycles. The van der Waals surface area contributed by atoms with E-state index in [2.05, 4.69) is 10.5 Å². The van der Waals surface area contributed by atoms with Crippen LogP contribution in [0.2, 0.25) is 0 Å². The molecular weight excluding hydrogens is 202 g/mol. The fraction of sp³-hybridized carbons (Fsp3) is 0.500. The highest BCUT2D eigenvalue weighted by molar-refractivity contribution is 7.11. The molecule has 0 saturated heterocycles. The lowest BCUT2D eigenvalue weighted by Gasteiger charge is -2.01. The summed E-state index contributed by atoms with van der Waals surface area (Å²) in [6, 6.07) is 0. The Morgan fingerprint density at radius 1 is 1.64 bits per heavy atom. The number of aryl methyl sites for hydroxylation is 2. The molecule has 0 aliphatic carbocycles. The fourth-order valence-electron chi connectivity index (χ4n) is 0.976. The van der Waals surface area contributed by atoms with E-state index >= 15 is 0 Å². The Morgan fingerprint density at radius 3 is 2.86 bits per heavy atom. The second-order valence-corrected chi connectivity index (χ2v) is 4.11. The third kappa shape index (κ3) is 3.41. The third-order valence-corrected chi connectivity index (χ3v) is 2.62. The van der Waals surface area contributed by atoms with Gasteiger partial charge < -0.3 is 5.73 Å². The summed E-state index contributed by atoms with van der Waals surface area (Å²) in [4.78, 5) is 20.5. The van der Waals surface area contributed by atoms with Crippen molar-refractivity contribution < 1.29 is 9.63 Å². The van der Waals surface area contributed by atoms with Gasteiger partial charge in [-0.15, -0.1) is 11.3 Å². The molecule has 0 unspecified atom stereocenters. The number of nitrogens with one attached hydrogen (secondary N) is 1. The molecule has 0 aliphatic heterocycles. The number of primary amides is 1. The van der Waals surface area contributed by atoms with E-state index in [0.717, 1.165) is 15.6 Å². The van der Waals surface area contributed by atoms with E-state index in [0.29, 0.717) is 6.54 Å². The lowest BCUT2D eigenvalue weighted by atomic mass is 10.4. The van der Waals surface area contributed by atoms with Crippen LogP contribution in [0.4, 0.5) is 0 Å². The van der Waals surface area contributed by atoms with Crippen molar-refractivity contribution in [3.63, 3.8) is 0 Å². The van der Waals surface area contributed by atoms with Gasteiger partial charge in [0.2, 0.25) is 5.91 Å². The van der Waals surface area contributed by atoms with Gasteiger partial charge in [-0.05, 0) is 13.8 Å². The minimum Gasteiger partial charge on any atom is -0.368 e. The molecule has 14 heavy (non-hydrogen) atoms. The van der Waals surface area contributed by atoms with Gasteiger partial charge in [0.1, 0.15) is 6.61 Å². The first kappa shape index (κ1) is 11.1. The summed E-state index contributed by atoms with van der Waals surface area (Å²) in [5, 5.41) is 1.02. The maximum absolute atomic E-state index is 10.3. The van der Waals surface area contributed by atoms with Crippen LogP contribution < -0.4 is 11.2 Å². The van der Waals surface area contributed by atoms with E-state index in [1.54, 1.807) is 11.3 Å². The Bertz CT molecular complexity index is 324. The number of carbonyl (C=O) groups excluding carboxylic acids is 1. The van der Waals surface area contributed by atoms with E-state index in [9.17, 15) is 4.79 Å². The van der Waals surface area contributed by atoms with Crippen molar-refractivity contribution in [2.24, 2.45) is 5.73 Å². The molecule has 1 heterocycles. The molecule has 6 heteroatoms. The standard InChI is InChI=1S/C8H13N3O2S/c1-5-7(14-6(2)11-5)3-10-13-4-8(9)12/h10H,3-4H2,1-2H3,(H2,9,12). The normalized spacial score (nSPS) is 10.4. The molecule has 1 aromatic heterocycles. The van der Waals surface area contributed by atoms with E-state index in [4.69, 9.17) is 10.6 Å². The molecule has 0 fully saturated rings. The number of hydroxylamine groups is 1. The van der Waals surface area contributed by atoms with E-state index in [1.165, 1.54) is 0 Å². The largest absolute Gasteiger partial charge is 0.368 e. The van der Waals surface area contributed by atoms with Crippen molar-refractivity contribution in [3.8, 4) is 0 Å². The molecule has 1 amide bonds. The molecule has 0 aromatic carbocycles. The summed E-state index contributed by atoms with van der Waals surface area (Å²) in [5.41, 5.74) is 8.54. The predicted octanol–water partition coefficient (Wildman–Crippen LogP) is 0.266. The van der Waals surface area contributed by atoms with Gasteiger partial charge in [0.25, 0.3) is 0 Å². The fourth-order valence-corrected chi connectivity index (χ4v) is 1.84. The second kappa shape index (κ2) is 5.04. The molecule has 0 bridgehead atoms. The maximum atomic E-state index is 10.3. The third-order valence-electron chi connectivity index (χ3n) is 1.55. The van der Waals surface area contributed by atoms with Gasteiger partial charge in [0.05, 0.1) is 17.2 Å². The van der Waals surface area contributed by atoms with Gasteiger partial charge in [0, 0.05) is 4.88 Å². The summed E-state index contributed by atoms with van der Waals surface area (Å²) in [6.45, 7) is 4.32. The number of hydrogen-bond acceptors (Lipinski definition) is 5. The topological polar surface area (TPSA) is 77.2 Å². The monoisotopic (exact) mass is 215 g/mol. The summed E-state index contributed by atoms with van der Waals surface area (Å²) in [6.07, 6.45) is 0. The zero-order valence-corrected chi connectivity index (χ0v) is 8.98. The molecule has 0 radical (unpaired) electrons. The zero-order chi connectivity index (χ0) is 10.6. The summed E-state index contributed by atoms with van der Waals surface area (Å²) in [7, 11) is 0. The molecule has 0 aliphatic rings. The Labute approximate surface area is 86.2 Å². The Kier molecular flexibility index (Phi) is 3.99. The SMILES string of the molecule is Cc1nc(C)c(CNOCC(N)=O)s1. The molecule has 5 nitrogen and oxygen atoms in total. The van der Waals surface area contributed by atoms with Crippen molar-refractivity contribution in [1.82, 2.24) is 10.5 Å². The van der Waals surface area contributed by atoms with Crippen LogP contribution in [-0.2, 0) is 16.2 Å². The van der Waals surface area contributed by atoms with E-state index in [1.807, 2.05) is 13.8 Å². The molecular formula is C8H13N3O2S. The average molecular weight is 215 g/mol. The average Bonchev–Trinajstić information content (AvgIpc) is 2.39. The predicted molar refractivity (Wildman–Crippen MR) is 53.6 cm³/mol. The van der Waals surface area contributed by atoms with E-state index < -0.39 is 5.91 Å². The Hall–Kier alpha value is -0.980. The Morgan fingerprint density at radius 2 is 2.36 bits per heavy atom. The number of carbonyl (C=O) groups is 1. The molecule has 0 atom stereocenters. The lowest BCUT2D eigenvalue weighted by molar-refractivity contribution is -0.125. The number of thiazole rings is 1. The Balaban J connectivity index is 2.31. The summed E-state index contributed by atoms with van der Waals surface area (Å²) < 4.78 is 0. The molecule has 3 N–H and O–H groups in total. The van der Waals surface area contributed by atoms with Gasteiger partial charge in [-0.25, -0.2) is 4.98 Å². The van der Waals surface area contributed by atoms with Gasteiger partial charge >= 0.3 is 0 Å². The van der Waals surface area contributed by atoms with Crippen LogP contribution in [0, 0.1) is 13.8 Å². The molecule has 0 spiro atoms. The first-order valence-electron chi connectivity index (χ1n) is 4.15. The number of amides is 1. The minimum absolute atomic E-state index is 0.114. The van der Waals surface area contributed by atoms with Crippen LogP contribution in [0.5, 0.6) is 0 Å². The second-order valence-electron chi connectivity index (χ2n) is 2.82.